The molecule has 1 aliphatic rings. The van der Waals surface area contributed by atoms with E-state index in [1.807, 2.05) is 35.0 Å². The Morgan fingerprint density at radius 1 is 1.16 bits per heavy atom. The normalized spacial score (nSPS) is 13.2. The SMILES string of the molecule is CCc1ccc(N(Cc2nc3n(n2)CCCCC3)C(=O)Nc2cccc(OC)c2)cc1. The van der Waals surface area contributed by atoms with Crippen molar-refractivity contribution >= 4 is 17.4 Å². The van der Waals surface area contributed by atoms with Crippen molar-refractivity contribution in [3.63, 3.8) is 0 Å². The Hall–Kier alpha value is -3.35. The molecule has 1 N–H and O–H groups in total. The van der Waals surface area contributed by atoms with E-state index in [2.05, 4.69) is 24.4 Å². The second kappa shape index (κ2) is 9.64. The van der Waals surface area contributed by atoms with Crippen LogP contribution < -0.4 is 15.0 Å². The quantitative estimate of drug-likeness (QED) is 0.622. The lowest BCUT2D eigenvalue weighted by molar-refractivity contribution is 0.256. The predicted molar refractivity (Wildman–Crippen MR) is 122 cm³/mol. The Morgan fingerprint density at radius 2 is 2.00 bits per heavy atom. The molecule has 0 saturated heterocycles. The minimum Gasteiger partial charge on any atom is -0.497 e. The first kappa shape index (κ1) is 20.9. The first-order chi connectivity index (χ1) is 15.2. The Kier molecular flexibility index (Phi) is 6.50. The lowest BCUT2D eigenvalue weighted by atomic mass is 10.1. The highest BCUT2D eigenvalue weighted by atomic mass is 16.5. The number of methoxy groups -OCH3 is 1. The van der Waals surface area contributed by atoms with Crippen molar-refractivity contribution in [1.29, 1.82) is 0 Å². The highest BCUT2D eigenvalue weighted by Gasteiger charge is 2.21. The number of urea groups is 1. The molecule has 3 aromatic rings. The van der Waals surface area contributed by atoms with E-state index in [4.69, 9.17) is 14.8 Å². The fourth-order valence-electron chi connectivity index (χ4n) is 3.80. The Bertz CT molecular complexity index is 1010. The van der Waals surface area contributed by atoms with Gasteiger partial charge in [-0.1, -0.05) is 31.5 Å². The number of rotatable bonds is 6. The van der Waals surface area contributed by atoms with Crippen LogP contribution in [0.3, 0.4) is 0 Å². The molecule has 0 fully saturated rings. The summed E-state index contributed by atoms with van der Waals surface area (Å²) in [4.78, 5) is 19.7. The van der Waals surface area contributed by atoms with Gasteiger partial charge in [0.2, 0.25) is 0 Å². The standard InChI is InChI=1S/C24H29N5O2/c1-3-18-11-13-20(14-12-18)28(24(30)25-19-8-7-9-21(16-19)31-2)17-22-26-23-10-5-4-6-15-29(23)27-22/h7-9,11-14,16H,3-6,10,15,17H2,1-2H3,(H,25,30). The van der Waals surface area contributed by atoms with Gasteiger partial charge in [0.1, 0.15) is 11.6 Å². The van der Waals surface area contributed by atoms with Crippen molar-refractivity contribution < 1.29 is 9.53 Å². The molecule has 0 bridgehead atoms. The zero-order chi connectivity index (χ0) is 21.6. The van der Waals surface area contributed by atoms with Crippen molar-refractivity contribution in [2.24, 2.45) is 0 Å². The third kappa shape index (κ3) is 5.05. The van der Waals surface area contributed by atoms with E-state index < -0.39 is 0 Å². The lowest BCUT2D eigenvalue weighted by Crippen LogP contribution is -2.35. The Labute approximate surface area is 183 Å². The highest BCUT2D eigenvalue weighted by molar-refractivity contribution is 6.01. The zero-order valence-corrected chi connectivity index (χ0v) is 18.2. The molecule has 4 rings (SSSR count). The van der Waals surface area contributed by atoms with E-state index in [0.717, 1.165) is 43.7 Å². The summed E-state index contributed by atoms with van der Waals surface area (Å²) in [6, 6.07) is 15.2. The number of nitrogens with one attached hydrogen (secondary N) is 1. The number of amides is 2. The van der Waals surface area contributed by atoms with E-state index in [-0.39, 0.29) is 6.03 Å². The molecule has 2 amide bonds. The van der Waals surface area contributed by atoms with E-state index in [9.17, 15) is 4.79 Å². The number of hydrogen-bond acceptors (Lipinski definition) is 4. The van der Waals surface area contributed by atoms with Gasteiger partial charge in [-0.15, -0.1) is 0 Å². The van der Waals surface area contributed by atoms with Crippen molar-refractivity contribution in [3.05, 3.63) is 65.7 Å². The van der Waals surface area contributed by atoms with Gasteiger partial charge >= 0.3 is 6.03 Å². The van der Waals surface area contributed by atoms with Crippen LogP contribution in [0.15, 0.2) is 48.5 Å². The first-order valence-corrected chi connectivity index (χ1v) is 10.9. The van der Waals surface area contributed by atoms with Crippen molar-refractivity contribution in [1.82, 2.24) is 14.8 Å². The van der Waals surface area contributed by atoms with Crippen LogP contribution in [-0.4, -0.2) is 27.9 Å². The number of aryl methyl sites for hydroxylation is 3. The number of nitrogens with zero attached hydrogens (tertiary/aromatic N) is 4. The summed E-state index contributed by atoms with van der Waals surface area (Å²) < 4.78 is 7.27. The monoisotopic (exact) mass is 419 g/mol. The summed E-state index contributed by atoms with van der Waals surface area (Å²) in [5.74, 6) is 2.37. The summed E-state index contributed by atoms with van der Waals surface area (Å²) >= 11 is 0. The average Bonchev–Trinajstić information content (AvgIpc) is 3.05. The van der Waals surface area contributed by atoms with Crippen LogP contribution in [0.4, 0.5) is 16.2 Å². The molecule has 0 radical (unpaired) electrons. The second-order valence-electron chi connectivity index (χ2n) is 7.75. The molecule has 31 heavy (non-hydrogen) atoms. The lowest BCUT2D eigenvalue weighted by Gasteiger charge is -2.22. The van der Waals surface area contributed by atoms with Crippen LogP contribution in [0.5, 0.6) is 5.75 Å². The number of hydrogen-bond donors (Lipinski definition) is 1. The molecule has 7 nitrogen and oxygen atoms in total. The van der Waals surface area contributed by atoms with Gasteiger partial charge in [0.15, 0.2) is 5.82 Å². The smallest absolute Gasteiger partial charge is 0.326 e. The summed E-state index contributed by atoms with van der Waals surface area (Å²) in [7, 11) is 1.61. The van der Waals surface area contributed by atoms with Gasteiger partial charge in [-0.3, -0.25) is 4.90 Å². The van der Waals surface area contributed by atoms with Crippen LogP contribution in [0, 0.1) is 0 Å². The summed E-state index contributed by atoms with van der Waals surface area (Å²) in [6.07, 6.45) is 5.35. The number of ether oxygens (including phenoxy) is 1. The van der Waals surface area contributed by atoms with Gasteiger partial charge in [-0.05, 0) is 49.1 Å². The number of aromatic nitrogens is 3. The molecule has 7 heteroatoms. The van der Waals surface area contributed by atoms with Gasteiger partial charge in [-0.25, -0.2) is 14.5 Å². The molecule has 0 spiro atoms. The molecule has 0 saturated carbocycles. The van der Waals surface area contributed by atoms with Gasteiger partial charge < -0.3 is 10.1 Å². The second-order valence-corrected chi connectivity index (χ2v) is 7.75. The number of fused-ring (bicyclic) bond motifs is 1. The average molecular weight is 420 g/mol. The van der Waals surface area contributed by atoms with Gasteiger partial charge in [-0.2, -0.15) is 5.10 Å². The van der Waals surface area contributed by atoms with Crippen molar-refractivity contribution in [2.45, 2.75) is 52.1 Å². The molecule has 1 aliphatic heterocycles. The van der Waals surface area contributed by atoms with E-state index in [0.29, 0.717) is 23.8 Å². The maximum Gasteiger partial charge on any atom is 0.326 e. The number of anilines is 2. The predicted octanol–water partition coefficient (Wildman–Crippen LogP) is 4.81. The minimum absolute atomic E-state index is 0.234. The molecular formula is C24H29N5O2. The maximum absolute atomic E-state index is 13.3. The molecule has 1 aromatic heterocycles. The van der Waals surface area contributed by atoms with E-state index in [1.165, 1.54) is 12.0 Å². The molecular weight excluding hydrogens is 390 g/mol. The van der Waals surface area contributed by atoms with Crippen LogP contribution in [0.25, 0.3) is 0 Å². The Balaban J connectivity index is 1.59. The molecule has 2 heterocycles. The van der Waals surface area contributed by atoms with Crippen LogP contribution in [-0.2, 0) is 25.9 Å². The topological polar surface area (TPSA) is 72.3 Å². The molecule has 0 unspecified atom stereocenters. The fourth-order valence-corrected chi connectivity index (χ4v) is 3.80. The summed E-state index contributed by atoms with van der Waals surface area (Å²) in [5.41, 5.74) is 2.71. The third-order valence-electron chi connectivity index (χ3n) is 5.58. The number of carbonyl (C=O) groups is 1. The molecule has 0 aliphatic carbocycles. The van der Waals surface area contributed by atoms with Crippen LogP contribution >= 0.6 is 0 Å². The van der Waals surface area contributed by atoms with E-state index in [1.54, 1.807) is 18.1 Å². The number of benzene rings is 2. The van der Waals surface area contributed by atoms with Crippen molar-refractivity contribution in [3.8, 4) is 5.75 Å². The molecule has 2 aromatic carbocycles. The maximum atomic E-state index is 13.3. The number of carbonyl (C=O) groups excluding carboxylic acids is 1. The summed E-state index contributed by atoms with van der Waals surface area (Å²) in [5, 5.41) is 7.67. The Morgan fingerprint density at radius 3 is 2.77 bits per heavy atom. The largest absolute Gasteiger partial charge is 0.497 e. The molecule has 0 atom stereocenters. The van der Waals surface area contributed by atoms with Crippen LogP contribution in [0.2, 0.25) is 0 Å². The minimum atomic E-state index is -0.234. The van der Waals surface area contributed by atoms with E-state index >= 15 is 0 Å². The van der Waals surface area contributed by atoms with Gasteiger partial charge in [0, 0.05) is 30.4 Å². The van der Waals surface area contributed by atoms with Crippen molar-refractivity contribution in [2.75, 3.05) is 17.3 Å². The first-order valence-electron chi connectivity index (χ1n) is 10.9. The molecule has 162 valence electrons. The highest BCUT2D eigenvalue weighted by Crippen LogP contribution is 2.22. The van der Waals surface area contributed by atoms with Crippen LogP contribution in [0.1, 0.15) is 43.4 Å². The third-order valence-corrected chi connectivity index (χ3v) is 5.58. The van der Waals surface area contributed by atoms with Gasteiger partial charge in [0.25, 0.3) is 0 Å². The fraction of sp³-hybridized carbons (Fsp3) is 0.375. The zero-order valence-electron chi connectivity index (χ0n) is 18.2. The van der Waals surface area contributed by atoms with Gasteiger partial charge in [0.05, 0.1) is 13.7 Å². The summed E-state index contributed by atoms with van der Waals surface area (Å²) in [6.45, 7) is 3.31.